The summed E-state index contributed by atoms with van der Waals surface area (Å²) in [6.45, 7) is 2.72. The molecule has 4 rings (SSSR count). The summed E-state index contributed by atoms with van der Waals surface area (Å²) in [5.41, 5.74) is 10.3. The van der Waals surface area contributed by atoms with Gasteiger partial charge in [0, 0.05) is 36.8 Å². The lowest BCUT2D eigenvalue weighted by Crippen LogP contribution is -2.53. The zero-order chi connectivity index (χ0) is 26.7. The first-order valence-corrected chi connectivity index (χ1v) is 14.0. The highest BCUT2D eigenvalue weighted by Crippen LogP contribution is 2.32. The van der Waals surface area contributed by atoms with Crippen LogP contribution in [-0.4, -0.2) is 74.7 Å². The largest absolute Gasteiger partial charge is 0.394 e. The van der Waals surface area contributed by atoms with Crippen molar-refractivity contribution in [1.29, 1.82) is 0 Å². The van der Waals surface area contributed by atoms with Gasteiger partial charge in [-0.25, -0.2) is 22.8 Å². The molecule has 2 heterocycles. The van der Waals surface area contributed by atoms with E-state index in [-0.39, 0.29) is 27.8 Å². The van der Waals surface area contributed by atoms with E-state index >= 15 is 0 Å². The van der Waals surface area contributed by atoms with E-state index in [9.17, 15) is 17.6 Å². The van der Waals surface area contributed by atoms with Crippen LogP contribution >= 0.6 is 23.2 Å². The monoisotopic (exact) mass is 565 g/mol. The number of carbonyl (C=O) groups excluding carboxylic acids is 1. The van der Waals surface area contributed by atoms with Gasteiger partial charge in [-0.2, -0.15) is 0 Å². The fourth-order valence-electron chi connectivity index (χ4n) is 4.00. The number of hydrogen-bond donors (Lipinski definition) is 2. The summed E-state index contributed by atoms with van der Waals surface area (Å²) in [7, 11) is -1.70. The summed E-state index contributed by atoms with van der Waals surface area (Å²) in [4.78, 5) is 19.9. The number of sulfone groups is 1. The average molecular weight is 566 g/mol. The van der Waals surface area contributed by atoms with E-state index in [1.54, 1.807) is 23.2 Å². The molecule has 2 fully saturated rings. The van der Waals surface area contributed by atoms with Crippen molar-refractivity contribution in [3.05, 3.63) is 80.7 Å². The minimum atomic E-state index is -3.69. The van der Waals surface area contributed by atoms with Crippen molar-refractivity contribution < 1.29 is 17.6 Å². The highest BCUT2D eigenvalue weighted by Gasteiger charge is 2.33. The van der Waals surface area contributed by atoms with Crippen LogP contribution in [0.4, 0.5) is 10.1 Å². The van der Waals surface area contributed by atoms with Crippen molar-refractivity contribution in [1.82, 2.24) is 15.3 Å². The summed E-state index contributed by atoms with van der Waals surface area (Å²) < 4.78 is 39.3. The first kappa shape index (κ1) is 27.3. The fraction of sp³-hybridized carbons (Fsp3) is 0.280. The zero-order valence-corrected chi connectivity index (χ0v) is 22.4. The van der Waals surface area contributed by atoms with Crippen LogP contribution in [0.2, 0.25) is 10.0 Å². The summed E-state index contributed by atoms with van der Waals surface area (Å²) in [5, 5.41) is 2.40. The Morgan fingerprint density at radius 3 is 2.41 bits per heavy atom. The third kappa shape index (κ3) is 6.97. The lowest BCUT2D eigenvalue weighted by Gasteiger charge is -2.32. The summed E-state index contributed by atoms with van der Waals surface area (Å²) in [5.74, 6) is -1.86. The molecule has 0 atom stereocenters. The Morgan fingerprint density at radius 2 is 1.76 bits per heavy atom. The van der Waals surface area contributed by atoms with Gasteiger partial charge in [-0.3, -0.25) is 10.2 Å². The van der Waals surface area contributed by atoms with Gasteiger partial charge in [0.2, 0.25) is 0 Å². The van der Waals surface area contributed by atoms with E-state index in [4.69, 9.17) is 28.9 Å². The Balaban J connectivity index is 1.81. The number of amides is 1. The maximum Gasteiger partial charge on any atom is 0.281 e. The zero-order valence-electron chi connectivity index (χ0n) is 20.0. The van der Waals surface area contributed by atoms with Gasteiger partial charge < -0.3 is 10.6 Å². The van der Waals surface area contributed by atoms with Gasteiger partial charge in [0.15, 0.2) is 9.84 Å². The number of nitrogens with zero attached hydrogens (tertiary/aromatic N) is 3. The number of benzene rings is 2. The van der Waals surface area contributed by atoms with Gasteiger partial charge in [-0.1, -0.05) is 35.3 Å². The second-order valence-corrected chi connectivity index (χ2v) is 11.8. The van der Waals surface area contributed by atoms with Crippen molar-refractivity contribution in [2.75, 3.05) is 44.7 Å². The van der Waals surface area contributed by atoms with Gasteiger partial charge in [-0.15, -0.1) is 0 Å². The van der Waals surface area contributed by atoms with E-state index < -0.39 is 27.3 Å². The fourth-order valence-corrected chi connectivity index (χ4v) is 5.98. The van der Waals surface area contributed by atoms with Crippen molar-refractivity contribution in [3.63, 3.8) is 0 Å². The smallest absolute Gasteiger partial charge is 0.281 e. The maximum atomic E-state index is 13.5. The highest BCUT2D eigenvalue weighted by molar-refractivity contribution is 7.92. The molecular formula is C25H26Cl2FN5O3S. The molecule has 1 amide bonds. The molecule has 0 saturated carbocycles. The third-order valence-electron chi connectivity index (χ3n) is 6.02. The number of nitrogens with two attached hydrogens (primary N) is 1. The molecule has 0 bridgehead atoms. The van der Waals surface area contributed by atoms with Crippen LogP contribution in [-0.2, 0) is 14.6 Å². The van der Waals surface area contributed by atoms with E-state index in [0.717, 1.165) is 13.1 Å². The van der Waals surface area contributed by atoms with E-state index in [1.807, 2.05) is 7.05 Å². The van der Waals surface area contributed by atoms with Crippen molar-refractivity contribution in [2.45, 2.75) is 0 Å². The van der Waals surface area contributed by atoms with Crippen LogP contribution in [0, 0.1) is 5.82 Å². The number of halogens is 3. The lowest BCUT2D eigenvalue weighted by atomic mass is 9.99. The Hall–Kier alpha value is -2.76. The number of likely N-dealkylation sites (N-methyl/N-ethyl adjacent to an activating group) is 1. The van der Waals surface area contributed by atoms with Crippen LogP contribution < -0.4 is 11.2 Å². The predicted octanol–water partition coefficient (Wildman–Crippen LogP) is 3.21. The number of hydrazine groups is 1. The molecule has 2 aromatic carbocycles. The SMILES string of the molecule is CN1CCN(NC(=O)C(N)=C2CS(=O)(=O)C/C(=C\c3ccc(F)cc3)C2=Nc2ccc(Cl)cc2Cl)CC1. The van der Waals surface area contributed by atoms with Gasteiger partial charge in [0.1, 0.15) is 11.5 Å². The van der Waals surface area contributed by atoms with Crippen LogP contribution in [0.15, 0.2) is 64.3 Å². The molecule has 0 radical (unpaired) electrons. The molecule has 0 unspecified atom stereocenters. The van der Waals surface area contributed by atoms with Gasteiger partial charge in [-0.05, 0) is 54.6 Å². The Bertz CT molecular complexity index is 1400. The number of hydrogen-bond acceptors (Lipinski definition) is 7. The molecule has 12 heteroatoms. The molecule has 2 saturated heterocycles. The Kier molecular flexibility index (Phi) is 8.35. The van der Waals surface area contributed by atoms with Crippen LogP contribution in [0.3, 0.4) is 0 Å². The van der Waals surface area contributed by atoms with Gasteiger partial charge in [0.05, 0.1) is 27.9 Å². The molecule has 0 spiro atoms. The molecule has 2 aliphatic heterocycles. The number of piperazine rings is 1. The Labute approximate surface area is 225 Å². The summed E-state index contributed by atoms with van der Waals surface area (Å²) >= 11 is 12.4. The van der Waals surface area contributed by atoms with Gasteiger partial charge >= 0.3 is 0 Å². The summed E-state index contributed by atoms with van der Waals surface area (Å²) in [6, 6.07) is 10.3. The molecule has 2 aliphatic rings. The van der Waals surface area contributed by atoms with E-state index in [1.165, 1.54) is 30.3 Å². The molecule has 8 nitrogen and oxygen atoms in total. The van der Waals surface area contributed by atoms with Crippen LogP contribution in [0.5, 0.6) is 0 Å². The molecule has 196 valence electrons. The number of carbonyl (C=O) groups is 1. The molecule has 3 N–H and O–H groups in total. The van der Waals surface area contributed by atoms with E-state index in [2.05, 4.69) is 15.3 Å². The van der Waals surface area contributed by atoms with Crippen molar-refractivity contribution >= 4 is 56.4 Å². The van der Waals surface area contributed by atoms with Gasteiger partial charge in [0.25, 0.3) is 5.91 Å². The highest BCUT2D eigenvalue weighted by atomic mass is 35.5. The molecule has 0 aliphatic carbocycles. The molecule has 2 aromatic rings. The molecular weight excluding hydrogens is 540 g/mol. The second kappa shape index (κ2) is 11.3. The van der Waals surface area contributed by atoms with Crippen molar-refractivity contribution in [2.24, 2.45) is 10.7 Å². The topological polar surface area (TPSA) is 108 Å². The van der Waals surface area contributed by atoms with E-state index in [0.29, 0.717) is 34.9 Å². The normalized spacial score (nSPS) is 22.3. The first-order valence-electron chi connectivity index (χ1n) is 11.4. The minimum absolute atomic E-state index is 0.0669. The van der Waals surface area contributed by atoms with Crippen LogP contribution in [0.25, 0.3) is 6.08 Å². The Morgan fingerprint density at radius 1 is 1.08 bits per heavy atom. The molecule has 37 heavy (non-hydrogen) atoms. The third-order valence-corrected chi connectivity index (χ3v) is 8.03. The lowest BCUT2D eigenvalue weighted by molar-refractivity contribution is -0.123. The quantitative estimate of drug-likeness (QED) is 0.551. The standard InChI is InChI=1S/C25H26Cl2FN5O3S/c1-32-8-10-33(11-9-32)31-25(34)23(29)20-15-37(35,36)14-17(12-16-2-5-19(28)6-3-16)24(20)30-22-7-4-18(26)13-21(22)27/h2-7,12-13H,8-11,14-15,29H2,1H3,(H,31,34)/b17-12+,23-20?,30-24?. The number of nitrogens with one attached hydrogen (secondary N) is 1. The van der Waals surface area contributed by atoms with Crippen molar-refractivity contribution in [3.8, 4) is 0 Å². The maximum absolute atomic E-state index is 13.5. The van der Waals surface area contributed by atoms with Crippen LogP contribution in [0.1, 0.15) is 5.56 Å². The number of rotatable bonds is 4. The average Bonchev–Trinajstić information content (AvgIpc) is 2.84. The summed E-state index contributed by atoms with van der Waals surface area (Å²) in [6.07, 6.45) is 1.59. The molecule has 0 aromatic heterocycles. The predicted molar refractivity (Wildman–Crippen MR) is 145 cm³/mol. The minimum Gasteiger partial charge on any atom is -0.394 e. The first-order chi connectivity index (χ1) is 17.5. The number of aliphatic imine (C=N–C) groups is 1. The second-order valence-electron chi connectivity index (χ2n) is 8.93.